The Morgan fingerprint density at radius 1 is 1.40 bits per heavy atom. The lowest BCUT2D eigenvalue weighted by molar-refractivity contribution is 0.455. The minimum Gasteiger partial charge on any atom is -0.299 e. The molecule has 0 aromatic carbocycles. The lowest BCUT2D eigenvalue weighted by atomic mass is 10.1. The predicted octanol–water partition coefficient (Wildman–Crippen LogP) is 2.19. The highest BCUT2D eigenvalue weighted by atomic mass is 32.1. The summed E-state index contributed by atoms with van der Waals surface area (Å²) in [4.78, 5) is 11.9. The first-order chi connectivity index (χ1) is 7.10. The largest absolute Gasteiger partial charge is 0.328 e. The van der Waals surface area contributed by atoms with Crippen LogP contribution in [0.2, 0.25) is 0 Å². The molecule has 0 amide bonds. The number of rotatable bonds is 5. The zero-order valence-electron chi connectivity index (χ0n) is 9.68. The van der Waals surface area contributed by atoms with Crippen LogP contribution in [0.1, 0.15) is 33.2 Å². The molecular formula is C11H20N2OS. The molecule has 1 aromatic rings. The minimum absolute atomic E-state index is 0.0882. The van der Waals surface area contributed by atoms with Crippen molar-refractivity contribution in [2.45, 2.75) is 39.8 Å². The van der Waals surface area contributed by atoms with E-state index >= 15 is 0 Å². The van der Waals surface area contributed by atoms with Gasteiger partial charge in [0.05, 0.1) is 0 Å². The lowest BCUT2D eigenvalue weighted by Gasteiger charge is -2.11. The molecule has 0 N–H and O–H groups in total. The van der Waals surface area contributed by atoms with Gasteiger partial charge in [-0.05, 0) is 25.5 Å². The van der Waals surface area contributed by atoms with Crippen molar-refractivity contribution in [3.8, 4) is 0 Å². The van der Waals surface area contributed by atoms with Crippen LogP contribution in [0.5, 0.6) is 0 Å². The Kier molecular flexibility index (Phi) is 4.51. The Morgan fingerprint density at radius 3 is 2.47 bits per heavy atom. The Hall–Kier alpha value is -0.640. The molecule has 4 heteroatoms. The van der Waals surface area contributed by atoms with Gasteiger partial charge in [-0.25, -0.2) is 4.79 Å². The molecule has 1 unspecified atom stereocenters. The normalized spacial score (nSPS) is 13.4. The van der Waals surface area contributed by atoms with Crippen molar-refractivity contribution in [1.29, 1.82) is 0 Å². The van der Waals surface area contributed by atoms with Crippen LogP contribution >= 0.6 is 12.6 Å². The Bertz CT molecular complexity index is 350. The average molecular weight is 228 g/mol. The summed E-state index contributed by atoms with van der Waals surface area (Å²) in [6, 6.07) is 0.231. The van der Waals surface area contributed by atoms with E-state index in [-0.39, 0.29) is 11.7 Å². The van der Waals surface area contributed by atoms with Crippen LogP contribution in [0, 0.1) is 5.92 Å². The van der Waals surface area contributed by atoms with E-state index < -0.39 is 0 Å². The van der Waals surface area contributed by atoms with E-state index in [4.69, 9.17) is 0 Å². The standard InChI is InChI=1S/C11H20N2OS/c1-4-10(8-15)7-12-5-6-13(9(2)3)11(12)14/h5-6,9-10,15H,4,7-8H2,1-3H3. The van der Waals surface area contributed by atoms with Gasteiger partial charge < -0.3 is 0 Å². The second-order valence-electron chi connectivity index (χ2n) is 4.19. The zero-order valence-corrected chi connectivity index (χ0v) is 10.6. The number of nitrogens with zero attached hydrogens (tertiary/aromatic N) is 2. The van der Waals surface area contributed by atoms with Crippen molar-refractivity contribution in [1.82, 2.24) is 9.13 Å². The van der Waals surface area contributed by atoms with E-state index in [0.717, 1.165) is 18.7 Å². The monoisotopic (exact) mass is 228 g/mol. The first-order valence-corrected chi connectivity index (χ1v) is 6.11. The van der Waals surface area contributed by atoms with Gasteiger partial charge in [0.15, 0.2) is 0 Å². The molecule has 0 spiro atoms. The summed E-state index contributed by atoms with van der Waals surface area (Å²) in [6.07, 6.45) is 4.79. The third-order valence-corrected chi connectivity index (χ3v) is 3.24. The maximum Gasteiger partial charge on any atom is 0.328 e. The molecule has 1 heterocycles. The molecule has 0 aliphatic carbocycles. The molecule has 3 nitrogen and oxygen atoms in total. The Labute approximate surface area is 96.5 Å². The molecule has 86 valence electrons. The lowest BCUT2D eigenvalue weighted by Crippen LogP contribution is -2.27. The quantitative estimate of drug-likeness (QED) is 0.768. The van der Waals surface area contributed by atoms with E-state index in [1.165, 1.54) is 0 Å². The number of imidazole rings is 1. The molecule has 0 bridgehead atoms. The highest BCUT2D eigenvalue weighted by Gasteiger charge is 2.10. The van der Waals surface area contributed by atoms with E-state index in [1.54, 1.807) is 9.13 Å². The fourth-order valence-electron chi connectivity index (χ4n) is 1.55. The fraction of sp³-hybridized carbons (Fsp3) is 0.727. The van der Waals surface area contributed by atoms with Crippen molar-refractivity contribution in [3.05, 3.63) is 22.9 Å². The van der Waals surface area contributed by atoms with Crippen molar-refractivity contribution in [3.63, 3.8) is 0 Å². The van der Waals surface area contributed by atoms with Crippen LogP contribution in [0.15, 0.2) is 17.2 Å². The number of hydrogen-bond acceptors (Lipinski definition) is 2. The molecule has 15 heavy (non-hydrogen) atoms. The number of thiol groups is 1. The topological polar surface area (TPSA) is 26.9 Å². The zero-order chi connectivity index (χ0) is 11.4. The van der Waals surface area contributed by atoms with Crippen molar-refractivity contribution >= 4 is 12.6 Å². The van der Waals surface area contributed by atoms with Gasteiger partial charge in [-0.3, -0.25) is 9.13 Å². The Morgan fingerprint density at radius 2 is 2.07 bits per heavy atom. The summed E-state index contributed by atoms with van der Waals surface area (Å²) in [6.45, 7) is 6.94. The molecular weight excluding hydrogens is 208 g/mol. The van der Waals surface area contributed by atoms with Gasteiger partial charge in [-0.2, -0.15) is 12.6 Å². The maximum absolute atomic E-state index is 11.9. The van der Waals surface area contributed by atoms with Crippen LogP contribution < -0.4 is 5.69 Å². The third kappa shape index (κ3) is 2.91. The maximum atomic E-state index is 11.9. The van der Waals surface area contributed by atoms with Crippen molar-refractivity contribution < 1.29 is 0 Å². The smallest absolute Gasteiger partial charge is 0.299 e. The van der Waals surface area contributed by atoms with E-state index in [9.17, 15) is 4.79 Å². The van der Waals surface area contributed by atoms with Crippen LogP contribution in [-0.2, 0) is 6.54 Å². The summed E-state index contributed by atoms with van der Waals surface area (Å²) < 4.78 is 3.54. The summed E-state index contributed by atoms with van der Waals surface area (Å²) >= 11 is 4.29. The first-order valence-electron chi connectivity index (χ1n) is 5.48. The van der Waals surface area contributed by atoms with Gasteiger partial charge in [0.1, 0.15) is 0 Å². The molecule has 1 rings (SSSR count). The van der Waals surface area contributed by atoms with Crippen molar-refractivity contribution in [2.24, 2.45) is 5.92 Å². The average Bonchev–Trinajstić information content (AvgIpc) is 2.56. The summed E-state index contributed by atoms with van der Waals surface area (Å²) in [5.41, 5.74) is 0.0882. The number of hydrogen-bond donors (Lipinski definition) is 1. The minimum atomic E-state index is 0.0882. The first kappa shape index (κ1) is 12.4. The molecule has 1 atom stereocenters. The predicted molar refractivity (Wildman–Crippen MR) is 66.7 cm³/mol. The van der Waals surface area contributed by atoms with E-state index in [2.05, 4.69) is 19.6 Å². The van der Waals surface area contributed by atoms with Crippen LogP contribution in [0.25, 0.3) is 0 Å². The van der Waals surface area contributed by atoms with Crippen LogP contribution in [-0.4, -0.2) is 14.9 Å². The van der Waals surface area contributed by atoms with Gasteiger partial charge in [-0.1, -0.05) is 13.3 Å². The summed E-state index contributed by atoms with van der Waals surface area (Å²) in [5.74, 6) is 1.31. The van der Waals surface area contributed by atoms with Gasteiger partial charge in [0, 0.05) is 25.0 Å². The Balaban J connectivity index is 2.83. The second kappa shape index (κ2) is 5.45. The summed E-state index contributed by atoms with van der Waals surface area (Å²) in [5, 5.41) is 0. The van der Waals surface area contributed by atoms with Crippen LogP contribution in [0.3, 0.4) is 0 Å². The van der Waals surface area contributed by atoms with E-state index in [1.807, 2.05) is 26.2 Å². The molecule has 0 saturated heterocycles. The highest BCUT2D eigenvalue weighted by Crippen LogP contribution is 2.08. The molecule has 0 saturated carbocycles. The van der Waals surface area contributed by atoms with Crippen LogP contribution in [0.4, 0.5) is 0 Å². The SMILES string of the molecule is CCC(CS)Cn1ccn(C(C)C)c1=O. The third-order valence-electron chi connectivity index (χ3n) is 2.72. The molecule has 0 aliphatic rings. The molecule has 0 aliphatic heterocycles. The molecule has 0 radical (unpaired) electrons. The van der Waals surface area contributed by atoms with Crippen molar-refractivity contribution in [2.75, 3.05) is 5.75 Å². The fourth-order valence-corrected chi connectivity index (χ4v) is 1.93. The second-order valence-corrected chi connectivity index (χ2v) is 4.56. The summed E-state index contributed by atoms with van der Waals surface area (Å²) in [7, 11) is 0. The van der Waals surface area contributed by atoms with Gasteiger partial charge in [0.25, 0.3) is 0 Å². The van der Waals surface area contributed by atoms with Gasteiger partial charge in [0.2, 0.25) is 0 Å². The molecule has 0 fully saturated rings. The van der Waals surface area contributed by atoms with Gasteiger partial charge >= 0.3 is 5.69 Å². The van der Waals surface area contributed by atoms with Gasteiger partial charge in [-0.15, -0.1) is 0 Å². The molecule has 1 aromatic heterocycles. The number of aromatic nitrogens is 2. The van der Waals surface area contributed by atoms with E-state index in [0.29, 0.717) is 5.92 Å². The highest BCUT2D eigenvalue weighted by molar-refractivity contribution is 7.80.